The Bertz CT molecular complexity index is 800. The smallest absolute Gasteiger partial charge is 0.475 e. The van der Waals surface area contributed by atoms with Gasteiger partial charge >= 0.3 is 12.1 Å². The van der Waals surface area contributed by atoms with Gasteiger partial charge in [0.2, 0.25) is 17.7 Å². The molecule has 8 nitrogen and oxygen atoms in total. The van der Waals surface area contributed by atoms with Crippen LogP contribution in [0.25, 0.3) is 0 Å². The van der Waals surface area contributed by atoms with Crippen molar-refractivity contribution >= 4 is 29.4 Å². The summed E-state index contributed by atoms with van der Waals surface area (Å²) >= 11 is 0. The van der Waals surface area contributed by atoms with Crippen LogP contribution in [0.15, 0.2) is 43.0 Å². The number of rotatable bonds is 8. The molecule has 1 fully saturated rings. The van der Waals surface area contributed by atoms with Crippen LogP contribution in [0.4, 0.5) is 18.9 Å². The van der Waals surface area contributed by atoms with Gasteiger partial charge in [-0.25, -0.2) is 4.79 Å². The molecule has 0 spiro atoms. The number of carbonyl (C=O) groups is 4. The van der Waals surface area contributed by atoms with Crippen molar-refractivity contribution in [1.29, 1.82) is 0 Å². The van der Waals surface area contributed by atoms with E-state index in [1.807, 2.05) is 18.2 Å². The third kappa shape index (κ3) is 10.1. The molecule has 32 heavy (non-hydrogen) atoms. The fourth-order valence-electron chi connectivity index (χ4n) is 2.76. The number of hydrogen-bond donors (Lipinski definition) is 4. The van der Waals surface area contributed by atoms with E-state index in [0.29, 0.717) is 31.4 Å². The van der Waals surface area contributed by atoms with E-state index in [1.165, 1.54) is 0 Å². The molecule has 0 aromatic heterocycles. The number of para-hydroxylation sites is 1. The molecular formula is C21H26F3N3O5. The summed E-state index contributed by atoms with van der Waals surface area (Å²) in [6, 6.07) is 7.91. The van der Waals surface area contributed by atoms with Crippen molar-refractivity contribution in [1.82, 2.24) is 10.6 Å². The van der Waals surface area contributed by atoms with Crippen LogP contribution in [-0.2, 0) is 19.2 Å². The standard InChI is InChI=1S/C19H25N3O3.C2HF3O2/c1-2-3-5-11-16(18(24)20-14-9-6-4-7-10-14)22-19(25)15-12-8-13-17(23)21-15;3-2(4,5)1(6)7/h2,4,6-7,9-10,15-16H,1,3,5,8,11-13H2,(H,20,24)(H,21,23)(H,22,25);(H,6,7)/t15-,16+;/m1./s1. The highest BCUT2D eigenvalue weighted by Gasteiger charge is 2.38. The second-order valence-electron chi connectivity index (χ2n) is 6.95. The zero-order chi connectivity index (χ0) is 24.1. The Labute approximate surface area is 183 Å². The van der Waals surface area contributed by atoms with Crippen molar-refractivity contribution in [3.8, 4) is 0 Å². The highest BCUT2D eigenvalue weighted by atomic mass is 19.4. The summed E-state index contributed by atoms with van der Waals surface area (Å²) in [5.41, 5.74) is 0.682. The molecule has 0 bridgehead atoms. The van der Waals surface area contributed by atoms with Gasteiger partial charge in [0.1, 0.15) is 12.1 Å². The number of allylic oxidation sites excluding steroid dienone is 1. The van der Waals surface area contributed by atoms with Gasteiger partial charge in [0, 0.05) is 12.1 Å². The number of carboxylic acids is 1. The van der Waals surface area contributed by atoms with Crippen molar-refractivity contribution in [2.45, 2.75) is 56.8 Å². The van der Waals surface area contributed by atoms with Gasteiger partial charge in [0.15, 0.2) is 0 Å². The first-order valence-corrected chi connectivity index (χ1v) is 9.91. The van der Waals surface area contributed by atoms with Gasteiger partial charge in [-0.05, 0) is 44.2 Å². The average molecular weight is 457 g/mol. The molecule has 1 aliphatic rings. The number of aliphatic carboxylic acids is 1. The molecule has 2 atom stereocenters. The van der Waals surface area contributed by atoms with E-state index >= 15 is 0 Å². The first-order valence-electron chi connectivity index (χ1n) is 9.91. The molecule has 11 heteroatoms. The third-order valence-corrected chi connectivity index (χ3v) is 4.37. The molecule has 3 amide bonds. The van der Waals surface area contributed by atoms with Crippen molar-refractivity contribution in [2.24, 2.45) is 0 Å². The number of unbranched alkanes of at least 4 members (excludes halogenated alkanes) is 1. The summed E-state index contributed by atoms with van der Waals surface area (Å²) in [6.45, 7) is 3.68. The number of halogens is 3. The van der Waals surface area contributed by atoms with Crippen LogP contribution in [0.2, 0.25) is 0 Å². The number of nitrogens with one attached hydrogen (secondary N) is 3. The minimum atomic E-state index is -5.08. The van der Waals surface area contributed by atoms with Crippen LogP contribution >= 0.6 is 0 Å². The zero-order valence-corrected chi connectivity index (χ0v) is 17.3. The maximum atomic E-state index is 12.6. The SMILES string of the molecule is C=CCCC[C@H](NC(=O)[C@H]1CCCC(=O)N1)C(=O)Nc1ccccc1.O=C(O)C(F)(F)F. The van der Waals surface area contributed by atoms with Crippen LogP contribution < -0.4 is 16.0 Å². The van der Waals surface area contributed by atoms with Gasteiger partial charge in [-0.15, -0.1) is 6.58 Å². The normalized spacial score (nSPS) is 16.5. The van der Waals surface area contributed by atoms with E-state index in [4.69, 9.17) is 9.90 Å². The van der Waals surface area contributed by atoms with Crippen molar-refractivity contribution < 1.29 is 37.5 Å². The minimum absolute atomic E-state index is 0.122. The molecule has 1 aromatic rings. The predicted molar refractivity (Wildman–Crippen MR) is 111 cm³/mol. The largest absolute Gasteiger partial charge is 0.490 e. The summed E-state index contributed by atoms with van der Waals surface area (Å²) in [4.78, 5) is 45.3. The Morgan fingerprint density at radius 2 is 1.88 bits per heavy atom. The van der Waals surface area contributed by atoms with Crippen molar-refractivity contribution in [3.63, 3.8) is 0 Å². The number of anilines is 1. The van der Waals surface area contributed by atoms with Crippen LogP contribution in [-0.4, -0.2) is 47.1 Å². The lowest BCUT2D eigenvalue weighted by atomic mass is 10.0. The summed E-state index contributed by atoms with van der Waals surface area (Å²) in [7, 11) is 0. The first kappa shape index (κ1) is 26.7. The molecule has 4 N–H and O–H groups in total. The van der Waals surface area contributed by atoms with Gasteiger partial charge < -0.3 is 21.1 Å². The minimum Gasteiger partial charge on any atom is -0.475 e. The maximum absolute atomic E-state index is 12.6. The average Bonchev–Trinajstić information content (AvgIpc) is 2.73. The van der Waals surface area contributed by atoms with E-state index in [9.17, 15) is 27.6 Å². The molecule has 0 unspecified atom stereocenters. The lowest BCUT2D eigenvalue weighted by Gasteiger charge is -2.25. The monoisotopic (exact) mass is 457 g/mol. The molecule has 0 radical (unpaired) electrons. The Morgan fingerprint density at radius 1 is 1.25 bits per heavy atom. The molecule has 1 aliphatic heterocycles. The van der Waals surface area contributed by atoms with Gasteiger partial charge in [0.05, 0.1) is 0 Å². The topological polar surface area (TPSA) is 125 Å². The summed E-state index contributed by atoms with van der Waals surface area (Å²) in [6.07, 6.45) is 0.449. The summed E-state index contributed by atoms with van der Waals surface area (Å²) < 4.78 is 31.7. The van der Waals surface area contributed by atoms with Crippen LogP contribution in [0.1, 0.15) is 38.5 Å². The van der Waals surface area contributed by atoms with E-state index in [-0.39, 0.29) is 17.7 Å². The molecule has 1 saturated heterocycles. The van der Waals surface area contributed by atoms with Crippen LogP contribution in [0, 0.1) is 0 Å². The number of hydrogen-bond acceptors (Lipinski definition) is 4. The number of carbonyl (C=O) groups excluding carboxylic acids is 3. The number of amides is 3. The first-order chi connectivity index (χ1) is 15.0. The van der Waals surface area contributed by atoms with Crippen molar-refractivity contribution in [3.05, 3.63) is 43.0 Å². The van der Waals surface area contributed by atoms with E-state index in [2.05, 4.69) is 22.5 Å². The van der Waals surface area contributed by atoms with Gasteiger partial charge in [-0.1, -0.05) is 24.3 Å². The van der Waals surface area contributed by atoms with E-state index < -0.39 is 24.2 Å². The predicted octanol–water partition coefficient (Wildman–Crippen LogP) is 2.77. The Kier molecular flexibility index (Phi) is 10.9. The van der Waals surface area contributed by atoms with Gasteiger partial charge in [-0.3, -0.25) is 14.4 Å². The maximum Gasteiger partial charge on any atom is 0.490 e. The Hall–Kier alpha value is -3.37. The molecule has 1 heterocycles. The molecule has 0 saturated carbocycles. The Morgan fingerprint density at radius 3 is 2.41 bits per heavy atom. The van der Waals surface area contributed by atoms with E-state index in [1.54, 1.807) is 18.2 Å². The van der Waals surface area contributed by atoms with Crippen LogP contribution in [0.3, 0.4) is 0 Å². The van der Waals surface area contributed by atoms with E-state index in [0.717, 1.165) is 12.8 Å². The number of carboxylic acid groups (broad SMARTS) is 1. The van der Waals surface area contributed by atoms with Gasteiger partial charge in [-0.2, -0.15) is 13.2 Å². The summed E-state index contributed by atoms with van der Waals surface area (Å²) in [5.74, 6) is -3.44. The number of benzene rings is 1. The highest BCUT2D eigenvalue weighted by Crippen LogP contribution is 2.13. The fraction of sp³-hybridized carbons (Fsp3) is 0.429. The second-order valence-corrected chi connectivity index (χ2v) is 6.95. The number of piperidine rings is 1. The lowest BCUT2D eigenvalue weighted by molar-refractivity contribution is -0.192. The molecule has 1 aromatic carbocycles. The van der Waals surface area contributed by atoms with Gasteiger partial charge in [0.25, 0.3) is 0 Å². The number of alkyl halides is 3. The molecule has 0 aliphatic carbocycles. The Balaban J connectivity index is 0.000000633. The molecule has 2 rings (SSSR count). The molecular weight excluding hydrogens is 431 g/mol. The van der Waals surface area contributed by atoms with Crippen LogP contribution in [0.5, 0.6) is 0 Å². The highest BCUT2D eigenvalue weighted by molar-refractivity contribution is 5.98. The lowest BCUT2D eigenvalue weighted by Crippen LogP contribution is -2.53. The quantitative estimate of drug-likeness (QED) is 0.353. The third-order valence-electron chi connectivity index (χ3n) is 4.37. The zero-order valence-electron chi connectivity index (χ0n) is 17.3. The second kappa shape index (κ2) is 13.1. The molecule has 176 valence electrons. The fourth-order valence-corrected chi connectivity index (χ4v) is 2.76. The van der Waals surface area contributed by atoms with Crippen molar-refractivity contribution in [2.75, 3.05) is 5.32 Å². The summed E-state index contributed by atoms with van der Waals surface area (Å²) in [5, 5.41) is 15.4.